The van der Waals surface area contributed by atoms with Crippen molar-refractivity contribution in [3.05, 3.63) is 172 Å². The number of benzene rings is 5. The maximum atomic E-state index is 12.7. The van der Waals surface area contributed by atoms with E-state index in [1.165, 1.54) is 5.56 Å². The summed E-state index contributed by atoms with van der Waals surface area (Å²) in [5.74, 6) is 0.896. The molecule has 5 nitrogen and oxygen atoms in total. The molecule has 0 aromatic heterocycles. The van der Waals surface area contributed by atoms with Crippen molar-refractivity contribution in [3.8, 4) is 5.75 Å². The molecule has 2 fully saturated rings. The topological polar surface area (TPSA) is 56.2 Å². The minimum Gasteiger partial charge on any atom is -0.496 e. The molecule has 0 spiro atoms. The van der Waals surface area contributed by atoms with Crippen molar-refractivity contribution < 1.29 is 14.9 Å². The van der Waals surface area contributed by atoms with Gasteiger partial charge in [-0.05, 0) is 68.0 Å². The van der Waals surface area contributed by atoms with Gasteiger partial charge in [0.1, 0.15) is 17.0 Å². The molecule has 252 valence electrons. The number of methoxy groups -OCH3 is 1. The van der Waals surface area contributed by atoms with Crippen molar-refractivity contribution in [2.24, 2.45) is 0 Å². The fraction of sp³-hybridized carbons (Fsp3) is 0.318. The number of rotatable bonds is 11. The largest absolute Gasteiger partial charge is 0.496 e. The van der Waals surface area contributed by atoms with Gasteiger partial charge in [0, 0.05) is 36.3 Å². The third-order valence-corrected chi connectivity index (χ3v) is 10.9. The van der Waals surface area contributed by atoms with E-state index in [-0.39, 0.29) is 12.1 Å². The number of hydrogen-bond donors (Lipinski definition) is 2. The summed E-state index contributed by atoms with van der Waals surface area (Å²) >= 11 is 0. The van der Waals surface area contributed by atoms with Crippen molar-refractivity contribution in [1.82, 2.24) is 9.80 Å². The predicted octanol–water partition coefficient (Wildman–Crippen LogP) is 7.80. The zero-order chi connectivity index (χ0) is 33.8. The van der Waals surface area contributed by atoms with Crippen LogP contribution in [0.15, 0.2) is 133 Å². The summed E-state index contributed by atoms with van der Waals surface area (Å²) in [4.78, 5) is 4.90. The molecule has 5 aromatic rings. The van der Waals surface area contributed by atoms with Gasteiger partial charge in [0.05, 0.1) is 7.11 Å². The van der Waals surface area contributed by atoms with E-state index >= 15 is 0 Å². The lowest BCUT2D eigenvalue weighted by Crippen LogP contribution is -2.48. The van der Waals surface area contributed by atoms with Crippen molar-refractivity contribution in [3.63, 3.8) is 0 Å². The summed E-state index contributed by atoms with van der Waals surface area (Å²) in [7, 11) is 1.77. The van der Waals surface area contributed by atoms with Gasteiger partial charge in [0.15, 0.2) is 0 Å². The predicted molar refractivity (Wildman–Crippen MR) is 196 cm³/mol. The first-order chi connectivity index (χ1) is 23.9. The van der Waals surface area contributed by atoms with E-state index in [1.807, 2.05) is 121 Å². The number of likely N-dealkylation sites (tertiary alicyclic amines) is 2. The van der Waals surface area contributed by atoms with E-state index in [2.05, 4.69) is 28.9 Å². The molecule has 7 rings (SSSR count). The molecule has 2 aliphatic rings. The maximum absolute atomic E-state index is 12.7. The second-order valence-electron chi connectivity index (χ2n) is 13.9. The monoisotopic (exact) mass is 652 g/mol. The quantitative estimate of drug-likeness (QED) is 0.153. The maximum Gasteiger partial charge on any atom is 0.130 e. The van der Waals surface area contributed by atoms with Gasteiger partial charge in [-0.2, -0.15) is 0 Å². The fourth-order valence-corrected chi connectivity index (χ4v) is 8.71. The van der Waals surface area contributed by atoms with Gasteiger partial charge in [-0.25, -0.2) is 0 Å². The Hall–Kier alpha value is -4.26. The summed E-state index contributed by atoms with van der Waals surface area (Å²) in [5, 5.41) is 25.4. The van der Waals surface area contributed by atoms with E-state index < -0.39 is 11.2 Å². The minimum atomic E-state index is -1.15. The van der Waals surface area contributed by atoms with E-state index in [4.69, 9.17) is 4.74 Å². The standard InChI is InChI=1S/C44H48N2O3/c1-33-29-34(31-45-27-15-25-40(45)43(47,36-17-7-3-8-18-36)37-19-9-4-10-20-37)42(49-2)35(30-33)32-46-28-16-26-41(46)44(48,38-21-11-5-12-22-38)39-23-13-6-14-24-39/h3-14,17-24,29-30,40-41,47-48H,15-16,25-28,31-32H2,1-2H3/t40-,41-/m0/s1. The van der Waals surface area contributed by atoms with Gasteiger partial charge < -0.3 is 14.9 Å². The molecule has 0 unspecified atom stereocenters. The zero-order valence-corrected chi connectivity index (χ0v) is 28.7. The first kappa shape index (κ1) is 33.2. The van der Waals surface area contributed by atoms with E-state index in [0.29, 0.717) is 13.1 Å². The Morgan fingerprint density at radius 2 is 0.898 bits per heavy atom. The minimum absolute atomic E-state index is 0.0966. The fourth-order valence-electron chi connectivity index (χ4n) is 8.71. The van der Waals surface area contributed by atoms with Crippen LogP contribution in [0.4, 0.5) is 0 Å². The smallest absolute Gasteiger partial charge is 0.130 e. The molecular formula is C44H48N2O3. The molecule has 2 N–H and O–H groups in total. The van der Waals surface area contributed by atoms with Crippen LogP contribution in [0.1, 0.15) is 64.6 Å². The van der Waals surface area contributed by atoms with Crippen molar-refractivity contribution >= 4 is 0 Å². The van der Waals surface area contributed by atoms with Crippen molar-refractivity contribution in [2.45, 2.75) is 69.0 Å². The first-order valence-corrected chi connectivity index (χ1v) is 17.7. The van der Waals surface area contributed by atoms with Gasteiger partial charge in [-0.3, -0.25) is 9.80 Å². The number of ether oxygens (including phenoxy) is 1. The Bertz CT molecular complexity index is 1600. The molecule has 5 aromatic carbocycles. The summed E-state index contributed by atoms with van der Waals surface area (Å²) < 4.78 is 6.25. The van der Waals surface area contributed by atoms with E-state index in [0.717, 1.165) is 77.9 Å². The Morgan fingerprint density at radius 3 is 1.20 bits per heavy atom. The van der Waals surface area contributed by atoms with Gasteiger partial charge in [-0.15, -0.1) is 0 Å². The molecular weight excluding hydrogens is 604 g/mol. The molecule has 2 atom stereocenters. The third kappa shape index (κ3) is 6.33. The molecule has 0 saturated carbocycles. The summed E-state index contributed by atoms with van der Waals surface area (Å²) in [6.45, 7) is 5.30. The van der Waals surface area contributed by atoms with Crippen LogP contribution >= 0.6 is 0 Å². The highest BCUT2D eigenvalue weighted by atomic mass is 16.5. The van der Waals surface area contributed by atoms with Gasteiger partial charge >= 0.3 is 0 Å². The summed E-state index contributed by atoms with van der Waals surface area (Å²) in [6, 6.07) is 44.8. The molecule has 49 heavy (non-hydrogen) atoms. The third-order valence-electron chi connectivity index (χ3n) is 10.9. The van der Waals surface area contributed by atoms with Crippen molar-refractivity contribution in [1.29, 1.82) is 0 Å². The first-order valence-electron chi connectivity index (χ1n) is 17.7. The lowest BCUT2D eigenvalue weighted by molar-refractivity contribution is -0.00733. The van der Waals surface area contributed by atoms with Crippen LogP contribution in [0.25, 0.3) is 0 Å². The Balaban J connectivity index is 1.21. The van der Waals surface area contributed by atoms with E-state index in [1.54, 1.807) is 7.11 Å². The normalized spacial score (nSPS) is 18.9. The van der Waals surface area contributed by atoms with Crippen LogP contribution in [0.3, 0.4) is 0 Å². The molecule has 2 aliphatic heterocycles. The lowest BCUT2D eigenvalue weighted by Gasteiger charge is -2.41. The summed E-state index contributed by atoms with van der Waals surface area (Å²) in [6.07, 6.45) is 3.82. The molecule has 2 heterocycles. The average Bonchev–Trinajstić information content (AvgIpc) is 3.83. The number of hydrogen-bond acceptors (Lipinski definition) is 5. The van der Waals surface area contributed by atoms with Gasteiger partial charge in [0.25, 0.3) is 0 Å². The van der Waals surface area contributed by atoms with Gasteiger partial charge in [-0.1, -0.05) is 139 Å². The second-order valence-corrected chi connectivity index (χ2v) is 13.9. The zero-order valence-electron chi connectivity index (χ0n) is 28.7. The van der Waals surface area contributed by atoms with E-state index in [9.17, 15) is 10.2 Å². The summed E-state index contributed by atoms with van der Waals surface area (Å²) in [5.41, 5.74) is 4.80. The van der Waals surface area contributed by atoms with Crippen LogP contribution in [-0.4, -0.2) is 52.3 Å². The van der Waals surface area contributed by atoms with Crippen molar-refractivity contribution in [2.75, 3.05) is 20.2 Å². The molecule has 5 heteroatoms. The SMILES string of the molecule is COc1c(CN2CCC[C@H]2C(O)(c2ccccc2)c2ccccc2)cc(C)cc1CN1CCC[C@H]1C(O)(c1ccccc1)c1ccccc1. The highest BCUT2D eigenvalue weighted by molar-refractivity contribution is 5.46. The van der Waals surface area contributed by atoms with Crippen LogP contribution < -0.4 is 4.74 Å². The van der Waals surface area contributed by atoms with Crippen LogP contribution in [0, 0.1) is 6.92 Å². The molecule has 0 bridgehead atoms. The number of aryl methyl sites for hydroxylation is 1. The highest BCUT2D eigenvalue weighted by Gasteiger charge is 2.47. The average molecular weight is 653 g/mol. The molecule has 2 saturated heterocycles. The second kappa shape index (κ2) is 14.3. The van der Waals surface area contributed by atoms with Crippen LogP contribution in [0.2, 0.25) is 0 Å². The Kier molecular flexibility index (Phi) is 9.71. The molecule has 0 amide bonds. The number of aliphatic hydroxyl groups is 2. The highest BCUT2D eigenvalue weighted by Crippen LogP contribution is 2.44. The Morgan fingerprint density at radius 1 is 0.571 bits per heavy atom. The number of nitrogens with zero attached hydrogens (tertiary/aromatic N) is 2. The van der Waals surface area contributed by atoms with Gasteiger partial charge in [0.2, 0.25) is 0 Å². The van der Waals surface area contributed by atoms with Crippen LogP contribution in [-0.2, 0) is 24.3 Å². The van der Waals surface area contributed by atoms with Crippen LogP contribution in [0.5, 0.6) is 5.75 Å². The Labute approximate surface area is 291 Å². The molecule has 0 aliphatic carbocycles. The lowest BCUT2D eigenvalue weighted by atomic mass is 9.79. The molecule has 0 radical (unpaired) electrons.